The first kappa shape index (κ1) is 15.3. The van der Waals surface area contributed by atoms with Crippen molar-refractivity contribution in [3.8, 4) is 0 Å². The molecule has 8 nitrogen and oxygen atoms in total. The van der Waals surface area contributed by atoms with Gasteiger partial charge < -0.3 is 10.2 Å². The second-order valence-corrected chi connectivity index (χ2v) is 5.04. The van der Waals surface area contributed by atoms with Crippen molar-refractivity contribution >= 4 is 17.8 Å². The van der Waals surface area contributed by atoms with Gasteiger partial charge in [-0.05, 0) is 6.07 Å². The lowest BCUT2D eigenvalue weighted by atomic mass is 10.1. The normalized spacial score (nSPS) is 19.0. The summed E-state index contributed by atoms with van der Waals surface area (Å²) in [5.41, 5.74) is 0. The van der Waals surface area contributed by atoms with E-state index in [0.29, 0.717) is 13.1 Å². The monoisotopic (exact) mass is 292 g/mol. The summed E-state index contributed by atoms with van der Waals surface area (Å²) in [5, 5.41) is 5.81. The van der Waals surface area contributed by atoms with Crippen molar-refractivity contribution in [3.05, 3.63) is 18.5 Å². The molecule has 8 heteroatoms. The van der Waals surface area contributed by atoms with Crippen LogP contribution in [0.3, 0.4) is 0 Å². The molecule has 21 heavy (non-hydrogen) atoms. The van der Waals surface area contributed by atoms with E-state index in [1.807, 2.05) is 4.90 Å². The molecule has 0 aliphatic carbocycles. The van der Waals surface area contributed by atoms with Gasteiger partial charge >= 0.3 is 0 Å². The minimum atomic E-state index is -0.323. The minimum absolute atomic E-state index is 0.00837. The highest BCUT2D eigenvalue weighted by Crippen LogP contribution is 2.06. The maximum atomic E-state index is 12.1. The lowest BCUT2D eigenvalue weighted by Gasteiger charge is -2.35. The first-order valence-electron chi connectivity index (χ1n) is 6.80. The Hall–Kier alpha value is -2.06. The second-order valence-electron chi connectivity index (χ2n) is 5.04. The number of piperazine rings is 1. The van der Waals surface area contributed by atoms with Gasteiger partial charge in [0, 0.05) is 46.1 Å². The number of carbonyl (C=O) groups excluding carboxylic acids is 2. The molecule has 2 amide bonds. The SMILES string of the molecule is CN(C)C(=O)C1CNCCN1CC(=O)Nc1ncccn1. The standard InChI is InChI=1S/C13H20N6O2/c1-18(2)12(21)10-8-14-6-7-19(10)9-11(20)17-13-15-4-3-5-16-13/h3-5,10,14H,6-9H2,1-2H3,(H,15,16,17,20). The number of nitrogens with one attached hydrogen (secondary N) is 2. The van der Waals surface area contributed by atoms with Crippen LogP contribution in [0.5, 0.6) is 0 Å². The van der Waals surface area contributed by atoms with Gasteiger partial charge in [-0.15, -0.1) is 0 Å². The van der Waals surface area contributed by atoms with Crippen molar-refractivity contribution in [3.63, 3.8) is 0 Å². The fraction of sp³-hybridized carbons (Fsp3) is 0.538. The van der Waals surface area contributed by atoms with Gasteiger partial charge in [-0.2, -0.15) is 0 Å². The van der Waals surface area contributed by atoms with Crippen LogP contribution in [0, 0.1) is 0 Å². The molecule has 1 atom stereocenters. The highest BCUT2D eigenvalue weighted by molar-refractivity contribution is 5.91. The molecule has 1 aromatic heterocycles. The number of nitrogens with zero attached hydrogens (tertiary/aromatic N) is 4. The highest BCUT2D eigenvalue weighted by Gasteiger charge is 2.30. The van der Waals surface area contributed by atoms with E-state index in [9.17, 15) is 9.59 Å². The lowest BCUT2D eigenvalue weighted by molar-refractivity contribution is -0.135. The van der Waals surface area contributed by atoms with Crippen LogP contribution in [0.2, 0.25) is 0 Å². The van der Waals surface area contributed by atoms with Gasteiger partial charge in [0.05, 0.1) is 6.54 Å². The average molecular weight is 292 g/mol. The Morgan fingerprint density at radius 3 is 2.81 bits per heavy atom. The summed E-state index contributed by atoms with van der Waals surface area (Å²) >= 11 is 0. The van der Waals surface area contributed by atoms with Crippen LogP contribution >= 0.6 is 0 Å². The Labute approximate surface area is 123 Å². The quantitative estimate of drug-likeness (QED) is 0.723. The number of hydrogen-bond donors (Lipinski definition) is 2. The molecule has 1 aromatic rings. The Morgan fingerprint density at radius 2 is 2.14 bits per heavy atom. The molecular weight excluding hydrogens is 272 g/mol. The number of anilines is 1. The molecule has 1 saturated heterocycles. The maximum Gasteiger partial charge on any atom is 0.240 e. The third kappa shape index (κ3) is 4.20. The Bertz CT molecular complexity index is 493. The molecule has 0 saturated carbocycles. The maximum absolute atomic E-state index is 12.1. The third-order valence-electron chi connectivity index (χ3n) is 3.24. The number of amides is 2. The van der Waals surface area contributed by atoms with Crippen LogP contribution in [-0.2, 0) is 9.59 Å². The predicted molar refractivity (Wildman–Crippen MR) is 77.6 cm³/mol. The Kier molecular flexibility index (Phi) is 5.18. The molecule has 1 aliphatic rings. The van der Waals surface area contributed by atoms with Crippen molar-refractivity contribution in [2.75, 3.05) is 45.6 Å². The number of likely N-dealkylation sites (N-methyl/N-ethyl adjacent to an activating group) is 1. The van der Waals surface area contributed by atoms with Crippen molar-refractivity contribution in [2.45, 2.75) is 6.04 Å². The molecular formula is C13H20N6O2. The van der Waals surface area contributed by atoms with E-state index in [1.165, 1.54) is 0 Å². The molecule has 2 heterocycles. The van der Waals surface area contributed by atoms with E-state index in [4.69, 9.17) is 0 Å². The summed E-state index contributed by atoms with van der Waals surface area (Å²) in [7, 11) is 3.43. The summed E-state index contributed by atoms with van der Waals surface area (Å²) < 4.78 is 0. The first-order valence-corrected chi connectivity index (χ1v) is 6.80. The topological polar surface area (TPSA) is 90.5 Å². The van der Waals surface area contributed by atoms with E-state index < -0.39 is 0 Å². The van der Waals surface area contributed by atoms with E-state index in [0.717, 1.165) is 6.54 Å². The highest BCUT2D eigenvalue weighted by atomic mass is 16.2. The van der Waals surface area contributed by atoms with Gasteiger partial charge in [-0.1, -0.05) is 0 Å². The number of rotatable bonds is 4. The van der Waals surface area contributed by atoms with Crippen molar-refractivity contribution in [2.24, 2.45) is 0 Å². The van der Waals surface area contributed by atoms with E-state index in [1.54, 1.807) is 37.5 Å². The zero-order valence-electron chi connectivity index (χ0n) is 12.2. The van der Waals surface area contributed by atoms with Crippen LogP contribution in [-0.4, -0.2) is 77.9 Å². The Balaban J connectivity index is 1.95. The fourth-order valence-corrected chi connectivity index (χ4v) is 2.19. The number of aromatic nitrogens is 2. The van der Waals surface area contributed by atoms with Crippen LogP contribution in [0.1, 0.15) is 0 Å². The number of carbonyl (C=O) groups is 2. The van der Waals surface area contributed by atoms with Crippen LogP contribution in [0.25, 0.3) is 0 Å². The summed E-state index contributed by atoms with van der Waals surface area (Å²) in [6, 6.07) is 1.36. The molecule has 0 radical (unpaired) electrons. The second kappa shape index (κ2) is 7.09. The lowest BCUT2D eigenvalue weighted by Crippen LogP contribution is -2.59. The van der Waals surface area contributed by atoms with Gasteiger partial charge in [0.1, 0.15) is 6.04 Å². The zero-order chi connectivity index (χ0) is 15.2. The summed E-state index contributed by atoms with van der Waals surface area (Å²) in [6.45, 7) is 2.09. The van der Waals surface area contributed by atoms with Gasteiger partial charge in [0.25, 0.3) is 0 Å². The molecule has 114 valence electrons. The van der Waals surface area contributed by atoms with Crippen molar-refractivity contribution in [1.29, 1.82) is 0 Å². The molecule has 2 N–H and O–H groups in total. The molecule has 0 spiro atoms. The van der Waals surface area contributed by atoms with Crippen LogP contribution in [0.15, 0.2) is 18.5 Å². The minimum Gasteiger partial charge on any atom is -0.347 e. The smallest absolute Gasteiger partial charge is 0.240 e. The Morgan fingerprint density at radius 1 is 1.43 bits per heavy atom. The predicted octanol–water partition coefficient (Wildman–Crippen LogP) is -1.22. The van der Waals surface area contributed by atoms with Crippen LogP contribution < -0.4 is 10.6 Å². The third-order valence-corrected chi connectivity index (χ3v) is 3.24. The molecule has 0 aromatic carbocycles. The van der Waals surface area contributed by atoms with Crippen molar-refractivity contribution in [1.82, 2.24) is 25.1 Å². The summed E-state index contributed by atoms with van der Waals surface area (Å²) in [4.78, 5) is 35.5. The van der Waals surface area contributed by atoms with Gasteiger partial charge in [-0.25, -0.2) is 9.97 Å². The fourth-order valence-electron chi connectivity index (χ4n) is 2.19. The summed E-state index contributed by atoms with van der Waals surface area (Å²) in [6.07, 6.45) is 3.12. The number of hydrogen-bond acceptors (Lipinski definition) is 6. The van der Waals surface area contributed by atoms with Gasteiger partial charge in [-0.3, -0.25) is 19.8 Å². The molecule has 0 bridgehead atoms. The largest absolute Gasteiger partial charge is 0.347 e. The summed E-state index contributed by atoms with van der Waals surface area (Å²) in [5.74, 6) is 0.0405. The van der Waals surface area contributed by atoms with Gasteiger partial charge in [0.2, 0.25) is 17.8 Å². The first-order chi connectivity index (χ1) is 10.1. The molecule has 1 unspecified atom stereocenters. The van der Waals surface area contributed by atoms with Gasteiger partial charge in [0.15, 0.2) is 0 Å². The molecule has 2 rings (SSSR count). The van der Waals surface area contributed by atoms with E-state index in [2.05, 4.69) is 20.6 Å². The van der Waals surface area contributed by atoms with Crippen LogP contribution in [0.4, 0.5) is 5.95 Å². The molecule has 1 aliphatic heterocycles. The molecule has 1 fully saturated rings. The average Bonchev–Trinajstić information content (AvgIpc) is 2.48. The van der Waals surface area contributed by atoms with E-state index in [-0.39, 0.29) is 30.3 Å². The van der Waals surface area contributed by atoms with E-state index >= 15 is 0 Å². The van der Waals surface area contributed by atoms with Crippen molar-refractivity contribution < 1.29 is 9.59 Å². The zero-order valence-corrected chi connectivity index (χ0v) is 12.2.